The minimum Gasteiger partial charge on any atom is -0.380 e. The highest BCUT2D eigenvalue weighted by atomic mass is 35.5. The predicted octanol–water partition coefficient (Wildman–Crippen LogP) is 2.72. The zero-order valence-electron chi connectivity index (χ0n) is 14.4. The number of pyridine rings is 1. The molecule has 0 spiro atoms. The summed E-state index contributed by atoms with van der Waals surface area (Å²) >= 11 is 0. The van der Waals surface area contributed by atoms with Gasteiger partial charge in [-0.15, -0.1) is 12.4 Å². The highest BCUT2D eigenvalue weighted by Gasteiger charge is 2.29. The minimum absolute atomic E-state index is 0. The average Bonchev–Trinajstić information content (AvgIpc) is 3.12. The fraction of sp³-hybridized carbons (Fsp3) is 0.368. The van der Waals surface area contributed by atoms with Crippen molar-refractivity contribution < 1.29 is 9.53 Å². The van der Waals surface area contributed by atoms with Crippen LogP contribution in [0.3, 0.4) is 0 Å². The molecule has 5 nitrogen and oxygen atoms in total. The van der Waals surface area contributed by atoms with Gasteiger partial charge in [-0.05, 0) is 42.2 Å². The Morgan fingerprint density at radius 1 is 1.20 bits per heavy atom. The molecule has 1 fully saturated rings. The number of aromatic nitrogens is 1. The molecule has 6 heteroatoms. The van der Waals surface area contributed by atoms with Gasteiger partial charge in [0, 0.05) is 26.0 Å². The number of benzene rings is 1. The van der Waals surface area contributed by atoms with E-state index >= 15 is 0 Å². The Morgan fingerprint density at radius 2 is 1.84 bits per heavy atom. The van der Waals surface area contributed by atoms with Crippen LogP contribution in [0.2, 0.25) is 0 Å². The number of carbonyl (C=O) groups excluding carboxylic acids is 1. The molecule has 1 saturated heterocycles. The zero-order chi connectivity index (χ0) is 16.9. The van der Waals surface area contributed by atoms with E-state index in [9.17, 15) is 4.79 Å². The first-order valence-corrected chi connectivity index (χ1v) is 8.24. The first-order valence-electron chi connectivity index (χ1n) is 8.24. The standard InChI is InChI=1S/C19H23N3O2.ClH/c1-13(22-19(23)18-11-17(24-2)12-21-18)14-3-5-15(6-4-14)16-7-9-20-10-8-16;/h3-10,13,17-18,21H,11-12H2,1-2H3,(H,22,23);1H/t13?,17-,18+;/m0./s1. The maximum absolute atomic E-state index is 12.3. The molecule has 1 aromatic carbocycles. The summed E-state index contributed by atoms with van der Waals surface area (Å²) in [6.07, 6.45) is 4.41. The van der Waals surface area contributed by atoms with Crippen LogP contribution in [0, 0.1) is 0 Å². The van der Waals surface area contributed by atoms with Gasteiger partial charge in [0.2, 0.25) is 5.91 Å². The SMILES string of the molecule is CO[C@@H]1CN[C@@H](C(=O)NC(C)c2ccc(-c3ccncc3)cc2)C1.Cl. The zero-order valence-corrected chi connectivity index (χ0v) is 15.3. The second-order valence-electron chi connectivity index (χ2n) is 6.14. The third-order valence-electron chi connectivity index (χ3n) is 4.52. The van der Waals surface area contributed by atoms with Gasteiger partial charge in [-0.25, -0.2) is 0 Å². The monoisotopic (exact) mass is 361 g/mol. The summed E-state index contributed by atoms with van der Waals surface area (Å²) < 4.78 is 5.29. The quantitative estimate of drug-likeness (QED) is 0.859. The third kappa shape index (κ3) is 4.78. The van der Waals surface area contributed by atoms with Crippen LogP contribution in [0.1, 0.15) is 24.9 Å². The van der Waals surface area contributed by atoms with E-state index < -0.39 is 0 Å². The molecule has 2 heterocycles. The molecule has 2 aromatic rings. The van der Waals surface area contributed by atoms with Crippen LogP contribution in [0.25, 0.3) is 11.1 Å². The number of carbonyl (C=O) groups is 1. The molecule has 3 rings (SSSR count). The lowest BCUT2D eigenvalue weighted by molar-refractivity contribution is -0.123. The lowest BCUT2D eigenvalue weighted by Crippen LogP contribution is -2.41. The maximum atomic E-state index is 12.3. The van der Waals surface area contributed by atoms with Gasteiger partial charge in [-0.1, -0.05) is 24.3 Å². The van der Waals surface area contributed by atoms with E-state index in [1.807, 2.05) is 19.1 Å². The third-order valence-corrected chi connectivity index (χ3v) is 4.52. The van der Waals surface area contributed by atoms with Crippen molar-refractivity contribution >= 4 is 18.3 Å². The van der Waals surface area contributed by atoms with Gasteiger partial charge in [0.1, 0.15) is 0 Å². The van der Waals surface area contributed by atoms with E-state index in [4.69, 9.17) is 4.74 Å². The van der Waals surface area contributed by atoms with Gasteiger partial charge < -0.3 is 15.4 Å². The normalized spacial score (nSPS) is 20.6. The molecule has 3 atom stereocenters. The summed E-state index contributed by atoms with van der Waals surface area (Å²) in [4.78, 5) is 16.4. The number of rotatable bonds is 5. The van der Waals surface area contributed by atoms with E-state index in [2.05, 4.69) is 39.9 Å². The lowest BCUT2D eigenvalue weighted by atomic mass is 10.0. The van der Waals surface area contributed by atoms with E-state index in [1.165, 1.54) is 0 Å². The lowest BCUT2D eigenvalue weighted by Gasteiger charge is -2.18. The van der Waals surface area contributed by atoms with Crippen molar-refractivity contribution in [2.45, 2.75) is 31.5 Å². The molecule has 1 aliphatic heterocycles. The molecule has 134 valence electrons. The number of hydrogen-bond donors (Lipinski definition) is 2. The Morgan fingerprint density at radius 3 is 2.44 bits per heavy atom. The minimum atomic E-state index is -0.173. The number of nitrogens with one attached hydrogen (secondary N) is 2. The topological polar surface area (TPSA) is 63.2 Å². The second-order valence-corrected chi connectivity index (χ2v) is 6.14. The highest BCUT2D eigenvalue weighted by Crippen LogP contribution is 2.21. The molecule has 1 aliphatic rings. The Kier molecular flexibility index (Phi) is 6.93. The van der Waals surface area contributed by atoms with Crippen molar-refractivity contribution in [3.63, 3.8) is 0 Å². The summed E-state index contributed by atoms with van der Waals surface area (Å²) in [5.41, 5.74) is 3.36. The summed E-state index contributed by atoms with van der Waals surface area (Å²) in [6, 6.07) is 12.0. The van der Waals surface area contributed by atoms with Crippen molar-refractivity contribution in [2.24, 2.45) is 0 Å². The molecule has 25 heavy (non-hydrogen) atoms. The molecular formula is C19H24ClN3O2. The fourth-order valence-electron chi connectivity index (χ4n) is 2.99. The Labute approximate surface area is 154 Å². The molecule has 0 saturated carbocycles. The average molecular weight is 362 g/mol. The van der Waals surface area contributed by atoms with Crippen LogP contribution < -0.4 is 10.6 Å². The van der Waals surface area contributed by atoms with Gasteiger partial charge >= 0.3 is 0 Å². The molecule has 0 bridgehead atoms. The van der Waals surface area contributed by atoms with Gasteiger partial charge in [-0.2, -0.15) is 0 Å². The molecule has 2 N–H and O–H groups in total. The molecular weight excluding hydrogens is 338 g/mol. The van der Waals surface area contributed by atoms with Gasteiger partial charge in [0.05, 0.1) is 18.2 Å². The number of amides is 1. The van der Waals surface area contributed by atoms with E-state index in [0.29, 0.717) is 0 Å². The fourth-order valence-corrected chi connectivity index (χ4v) is 2.99. The number of ether oxygens (including phenoxy) is 1. The van der Waals surface area contributed by atoms with Gasteiger partial charge in [0.25, 0.3) is 0 Å². The molecule has 1 aromatic heterocycles. The van der Waals surface area contributed by atoms with Crippen molar-refractivity contribution in [3.8, 4) is 11.1 Å². The largest absolute Gasteiger partial charge is 0.380 e. The van der Waals surface area contributed by atoms with Crippen molar-refractivity contribution in [3.05, 3.63) is 54.4 Å². The Bertz CT molecular complexity index is 679. The van der Waals surface area contributed by atoms with Crippen LogP contribution in [0.15, 0.2) is 48.8 Å². The van der Waals surface area contributed by atoms with Crippen LogP contribution in [0.4, 0.5) is 0 Å². The highest BCUT2D eigenvalue weighted by molar-refractivity contribution is 5.85. The number of nitrogens with zero attached hydrogens (tertiary/aromatic N) is 1. The van der Waals surface area contributed by atoms with Crippen LogP contribution in [-0.2, 0) is 9.53 Å². The van der Waals surface area contributed by atoms with E-state index in [1.54, 1.807) is 19.5 Å². The Balaban J connectivity index is 0.00000225. The number of hydrogen-bond acceptors (Lipinski definition) is 4. The maximum Gasteiger partial charge on any atom is 0.237 e. The van der Waals surface area contributed by atoms with Crippen molar-refractivity contribution in [1.29, 1.82) is 0 Å². The van der Waals surface area contributed by atoms with Gasteiger partial charge in [0.15, 0.2) is 0 Å². The summed E-state index contributed by atoms with van der Waals surface area (Å²) in [5.74, 6) is 0.0280. The second kappa shape index (κ2) is 8.94. The van der Waals surface area contributed by atoms with Crippen molar-refractivity contribution in [2.75, 3.05) is 13.7 Å². The van der Waals surface area contributed by atoms with Crippen LogP contribution in [-0.4, -0.2) is 36.7 Å². The smallest absolute Gasteiger partial charge is 0.237 e. The molecule has 0 aliphatic carbocycles. The van der Waals surface area contributed by atoms with Gasteiger partial charge in [-0.3, -0.25) is 9.78 Å². The van der Waals surface area contributed by atoms with E-state index in [0.717, 1.165) is 29.7 Å². The Hall–Kier alpha value is -1.95. The molecule has 1 unspecified atom stereocenters. The van der Waals surface area contributed by atoms with Crippen LogP contribution >= 0.6 is 12.4 Å². The number of methoxy groups -OCH3 is 1. The van der Waals surface area contributed by atoms with Crippen LogP contribution in [0.5, 0.6) is 0 Å². The molecule has 0 radical (unpaired) electrons. The summed E-state index contributed by atoms with van der Waals surface area (Å²) in [5, 5.41) is 6.28. The van der Waals surface area contributed by atoms with E-state index in [-0.39, 0.29) is 36.5 Å². The van der Waals surface area contributed by atoms with Crippen molar-refractivity contribution in [1.82, 2.24) is 15.6 Å². The first kappa shape index (κ1) is 19.4. The molecule has 1 amide bonds. The summed E-state index contributed by atoms with van der Waals surface area (Å²) in [7, 11) is 1.68. The number of halogens is 1. The first-order chi connectivity index (χ1) is 11.7. The predicted molar refractivity (Wildman–Crippen MR) is 101 cm³/mol. The summed E-state index contributed by atoms with van der Waals surface area (Å²) in [6.45, 7) is 2.73.